The summed E-state index contributed by atoms with van der Waals surface area (Å²) in [6.45, 7) is 0. The standard InChI is InChI=1S/C13H12N2O2S/c16-10-15(11-5-2-1-3-6-11)14-13(17)9-12-7-4-8-18-12/h1-8,10H,9H2,(H,14,17). The maximum absolute atomic E-state index is 11.7. The van der Waals surface area contributed by atoms with Crippen LogP contribution in [-0.2, 0) is 16.0 Å². The van der Waals surface area contributed by atoms with Crippen molar-refractivity contribution in [2.75, 3.05) is 5.01 Å². The number of anilines is 1. The molecule has 1 aromatic heterocycles. The van der Waals surface area contributed by atoms with Gasteiger partial charge in [0, 0.05) is 4.88 Å². The van der Waals surface area contributed by atoms with Crippen LogP contribution in [0.25, 0.3) is 0 Å². The first-order chi connectivity index (χ1) is 8.79. The Balaban J connectivity index is 1.99. The van der Waals surface area contributed by atoms with Gasteiger partial charge in [-0.3, -0.25) is 15.0 Å². The van der Waals surface area contributed by atoms with Gasteiger partial charge in [-0.1, -0.05) is 24.3 Å². The Morgan fingerprint density at radius 1 is 1.22 bits per heavy atom. The minimum absolute atomic E-state index is 0.214. The van der Waals surface area contributed by atoms with E-state index in [1.165, 1.54) is 16.3 Å². The number of carbonyl (C=O) groups excluding carboxylic acids is 2. The lowest BCUT2D eigenvalue weighted by Gasteiger charge is -2.17. The lowest BCUT2D eigenvalue weighted by molar-refractivity contribution is -0.122. The molecule has 0 saturated carbocycles. The average molecular weight is 260 g/mol. The second kappa shape index (κ2) is 5.97. The summed E-state index contributed by atoms with van der Waals surface area (Å²) < 4.78 is 0. The van der Waals surface area contributed by atoms with Gasteiger partial charge >= 0.3 is 0 Å². The van der Waals surface area contributed by atoms with E-state index in [1.54, 1.807) is 24.3 Å². The molecule has 0 saturated heterocycles. The van der Waals surface area contributed by atoms with Crippen molar-refractivity contribution in [2.45, 2.75) is 6.42 Å². The first-order valence-electron chi connectivity index (χ1n) is 5.41. The molecule has 18 heavy (non-hydrogen) atoms. The number of rotatable bonds is 5. The van der Waals surface area contributed by atoms with Crippen LogP contribution >= 0.6 is 11.3 Å². The van der Waals surface area contributed by atoms with Crippen molar-refractivity contribution in [3.63, 3.8) is 0 Å². The van der Waals surface area contributed by atoms with E-state index in [0.717, 1.165) is 4.88 Å². The van der Waals surface area contributed by atoms with Gasteiger partial charge < -0.3 is 0 Å². The van der Waals surface area contributed by atoms with Gasteiger partial charge in [-0.05, 0) is 23.6 Å². The summed E-state index contributed by atoms with van der Waals surface area (Å²) in [6.07, 6.45) is 0.858. The third-order valence-corrected chi connectivity index (χ3v) is 3.18. The summed E-state index contributed by atoms with van der Waals surface area (Å²) in [6, 6.07) is 12.7. The lowest BCUT2D eigenvalue weighted by Crippen LogP contribution is -2.42. The van der Waals surface area contributed by atoms with Crippen molar-refractivity contribution >= 4 is 29.3 Å². The van der Waals surface area contributed by atoms with Crippen LogP contribution in [0.2, 0.25) is 0 Å². The minimum atomic E-state index is -0.214. The Labute approximate surface area is 109 Å². The predicted molar refractivity (Wildman–Crippen MR) is 71.2 cm³/mol. The Hall–Kier alpha value is -2.14. The highest BCUT2D eigenvalue weighted by Crippen LogP contribution is 2.11. The number of nitrogens with one attached hydrogen (secondary N) is 1. The molecule has 0 aliphatic heterocycles. The second-order valence-electron chi connectivity index (χ2n) is 3.60. The Bertz CT molecular complexity index is 511. The van der Waals surface area contributed by atoms with Crippen LogP contribution in [0.4, 0.5) is 5.69 Å². The second-order valence-corrected chi connectivity index (χ2v) is 4.63. The van der Waals surface area contributed by atoms with Crippen LogP contribution in [-0.4, -0.2) is 12.3 Å². The number of para-hydroxylation sites is 1. The summed E-state index contributed by atoms with van der Waals surface area (Å²) >= 11 is 1.51. The van der Waals surface area contributed by atoms with Crippen molar-refractivity contribution in [3.05, 3.63) is 52.7 Å². The zero-order chi connectivity index (χ0) is 12.8. The van der Waals surface area contributed by atoms with E-state index in [4.69, 9.17) is 0 Å². The molecule has 0 aliphatic rings. The third kappa shape index (κ3) is 3.18. The number of hydrazine groups is 1. The van der Waals surface area contributed by atoms with E-state index in [1.807, 2.05) is 23.6 Å². The zero-order valence-corrected chi connectivity index (χ0v) is 10.4. The molecule has 0 bridgehead atoms. The SMILES string of the molecule is O=CN(NC(=O)Cc1cccs1)c1ccccc1. The summed E-state index contributed by atoms with van der Waals surface area (Å²) in [5.74, 6) is -0.214. The van der Waals surface area contributed by atoms with E-state index in [9.17, 15) is 9.59 Å². The van der Waals surface area contributed by atoms with Crippen molar-refractivity contribution < 1.29 is 9.59 Å². The Kier molecular flexibility index (Phi) is 4.09. The van der Waals surface area contributed by atoms with E-state index in [0.29, 0.717) is 12.1 Å². The minimum Gasteiger partial charge on any atom is -0.276 e. The van der Waals surface area contributed by atoms with Crippen LogP contribution in [0, 0.1) is 0 Å². The number of benzene rings is 1. The highest BCUT2D eigenvalue weighted by Gasteiger charge is 2.10. The summed E-state index contributed by atoms with van der Waals surface area (Å²) in [7, 11) is 0. The smallest absolute Gasteiger partial charge is 0.244 e. The van der Waals surface area contributed by atoms with Gasteiger partial charge in [-0.2, -0.15) is 0 Å². The lowest BCUT2D eigenvalue weighted by atomic mass is 10.3. The van der Waals surface area contributed by atoms with Gasteiger partial charge in [-0.15, -0.1) is 11.3 Å². The van der Waals surface area contributed by atoms with Gasteiger partial charge in [0.1, 0.15) is 0 Å². The van der Waals surface area contributed by atoms with E-state index in [-0.39, 0.29) is 12.3 Å². The molecule has 0 aliphatic carbocycles. The van der Waals surface area contributed by atoms with E-state index in [2.05, 4.69) is 5.43 Å². The van der Waals surface area contributed by atoms with Gasteiger partial charge in [0.05, 0.1) is 12.1 Å². The molecular formula is C13H12N2O2S. The maximum Gasteiger partial charge on any atom is 0.244 e. The van der Waals surface area contributed by atoms with E-state index < -0.39 is 0 Å². The van der Waals surface area contributed by atoms with Gasteiger partial charge in [0.25, 0.3) is 0 Å². The molecule has 0 radical (unpaired) electrons. The van der Waals surface area contributed by atoms with Gasteiger partial charge in [-0.25, -0.2) is 5.01 Å². The Morgan fingerprint density at radius 2 is 2.00 bits per heavy atom. The molecule has 0 spiro atoms. The van der Waals surface area contributed by atoms with Crippen molar-refractivity contribution in [1.82, 2.24) is 5.43 Å². The van der Waals surface area contributed by atoms with Crippen LogP contribution < -0.4 is 10.4 Å². The van der Waals surface area contributed by atoms with Crippen LogP contribution in [0.1, 0.15) is 4.88 Å². The summed E-state index contributed by atoms with van der Waals surface area (Å²) in [4.78, 5) is 23.7. The molecule has 1 N–H and O–H groups in total. The molecule has 5 heteroatoms. The molecule has 2 rings (SSSR count). The first-order valence-corrected chi connectivity index (χ1v) is 6.29. The quantitative estimate of drug-likeness (QED) is 0.660. The molecule has 1 aromatic carbocycles. The molecule has 92 valence electrons. The number of thiophene rings is 1. The average Bonchev–Trinajstić information content (AvgIpc) is 2.90. The third-order valence-electron chi connectivity index (χ3n) is 2.30. The highest BCUT2D eigenvalue weighted by atomic mass is 32.1. The summed E-state index contributed by atoms with van der Waals surface area (Å²) in [5.41, 5.74) is 3.19. The highest BCUT2D eigenvalue weighted by molar-refractivity contribution is 7.10. The topological polar surface area (TPSA) is 49.4 Å². The van der Waals surface area contributed by atoms with Crippen LogP contribution in [0.15, 0.2) is 47.8 Å². The fourth-order valence-electron chi connectivity index (χ4n) is 1.49. The van der Waals surface area contributed by atoms with Crippen molar-refractivity contribution in [2.24, 2.45) is 0 Å². The molecule has 0 unspecified atom stereocenters. The molecule has 2 amide bonds. The summed E-state index contributed by atoms with van der Waals surface area (Å²) in [5, 5.41) is 3.09. The van der Waals surface area contributed by atoms with Gasteiger partial charge in [0.2, 0.25) is 12.3 Å². The number of hydrogen-bond donors (Lipinski definition) is 1. The fraction of sp³-hybridized carbons (Fsp3) is 0.0769. The van der Waals surface area contributed by atoms with Crippen LogP contribution in [0.3, 0.4) is 0 Å². The number of amides is 2. The fourth-order valence-corrected chi connectivity index (χ4v) is 2.19. The van der Waals surface area contributed by atoms with E-state index >= 15 is 0 Å². The van der Waals surface area contributed by atoms with Crippen molar-refractivity contribution in [1.29, 1.82) is 0 Å². The normalized spacial score (nSPS) is 9.78. The number of carbonyl (C=O) groups is 2. The molecule has 1 heterocycles. The molecular weight excluding hydrogens is 248 g/mol. The van der Waals surface area contributed by atoms with Crippen LogP contribution in [0.5, 0.6) is 0 Å². The Morgan fingerprint density at radius 3 is 2.61 bits per heavy atom. The number of hydrogen-bond acceptors (Lipinski definition) is 3. The van der Waals surface area contributed by atoms with Crippen molar-refractivity contribution in [3.8, 4) is 0 Å². The molecule has 2 aromatic rings. The first kappa shape index (κ1) is 12.3. The monoisotopic (exact) mass is 260 g/mol. The predicted octanol–water partition coefficient (Wildman–Crippen LogP) is 1.98. The maximum atomic E-state index is 11.7. The molecule has 4 nitrogen and oxygen atoms in total. The number of nitrogens with zero attached hydrogens (tertiary/aromatic N) is 1. The largest absolute Gasteiger partial charge is 0.276 e. The van der Waals surface area contributed by atoms with Gasteiger partial charge in [0.15, 0.2) is 0 Å². The zero-order valence-electron chi connectivity index (χ0n) is 9.58. The molecule has 0 atom stereocenters. The molecule has 0 fully saturated rings.